The number of carboxylic acid groups (broad SMARTS) is 1. The van der Waals surface area contributed by atoms with Gasteiger partial charge in [-0.05, 0) is 78.0 Å². The highest BCUT2D eigenvalue weighted by atomic mass is 16.6. The number of nitrogens with zero attached hydrogens (tertiary/aromatic N) is 2. The molecule has 4 N–H and O–H groups in total. The van der Waals surface area contributed by atoms with Crippen LogP contribution in [0.3, 0.4) is 0 Å². The zero-order valence-electron chi connectivity index (χ0n) is 27.1. The van der Waals surface area contributed by atoms with E-state index in [0.717, 1.165) is 49.9 Å². The van der Waals surface area contributed by atoms with Crippen molar-refractivity contribution in [2.75, 3.05) is 59.3 Å². The lowest BCUT2D eigenvalue weighted by Gasteiger charge is -2.27. The number of carbonyl (C=O) groups excluding carboxylic acids is 1. The number of aromatic nitrogens is 2. The van der Waals surface area contributed by atoms with Crippen molar-refractivity contribution in [3.05, 3.63) is 40.7 Å². The second-order valence-electron chi connectivity index (χ2n) is 11.6. The van der Waals surface area contributed by atoms with Gasteiger partial charge < -0.3 is 39.4 Å². The number of H-pyrrole nitrogens is 1. The first-order chi connectivity index (χ1) is 21.0. The maximum Gasteiger partial charge on any atom is 0.410 e. The van der Waals surface area contributed by atoms with Crippen LogP contribution in [-0.2, 0) is 20.6 Å². The van der Waals surface area contributed by atoms with Crippen molar-refractivity contribution < 1.29 is 38.4 Å². The predicted octanol–water partition coefficient (Wildman–Crippen LogP) is 4.90. The van der Waals surface area contributed by atoms with Crippen LogP contribution in [-0.4, -0.2) is 97.1 Å². The van der Waals surface area contributed by atoms with Crippen LogP contribution in [0.2, 0.25) is 0 Å². The summed E-state index contributed by atoms with van der Waals surface area (Å²) >= 11 is 0. The van der Waals surface area contributed by atoms with E-state index in [-0.39, 0.29) is 11.7 Å². The summed E-state index contributed by atoms with van der Waals surface area (Å²) in [5.41, 5.74) is 8.17. The van der Waals surface area contributed by atoms with Crippen molar-refractivity contribution in [2.45, 2.75) is 78.7 Å². The van der Waals surface area contributed by atoms with Crippen molar-refractivity contribution in [1.29, 1.82) is 0 Å². The number of unbranched alkanes of at least 4 members (excludes halogenated alkanes) is 3. The Hall–Kier alpha value is -3.35. The van der Waals surface area contributed by atoms with Crippen LogP contribution < -0.4 is 15.2 Å². The van der Waals surface area contributed by atoms with Gasteiger partial charge in [-0.3, -0.25) is 5.10 Å². The summed E-state index contributed by atoms with van der Waals surface area (Å²) in [5.74, 6) is -0.106. The molecule has 0 radical (unpaired) electrons. The van der Waals surface area contributed by atoms with Gasteiger partial charge in [0.15, 0.2) is 0 Å². The largest absolute Gasteiger partial charge is 0.493 e. The summed E-state index contributed by atoms with van der Waals surface area (Å²) in [5, 5.41) is 16.7. The van der Waals surface area contributed by atoms with E-state index in [9.17, 15) is 14.7 Å². The number of aryl methyl sites for hydroxylation is 2. The second kappa shape index (κ2) is 19.8. The third-order valence-electron chi connectivity index (χ3n) is 6.63. The van der Waals surface area contributed by atoms with E-state index in [1.807, 2.05) is 34.6 Å². The third-order valence-corrected chi connectivity index (χ3v) is 6.63. The van der Waals surface area contributed by atoms with Gasteiger partial charge in [0.1, 0.15) is 17.1 Å². The molecule has 2 aromatic rings. The molecule has 0 aliphatic rings. The molecule has 0 spiro atoms. The van der Waals surface area contributed by atoms with Gasteiger partial charge in [0.2, 0.25) is 0 Å². The number of hydrogen-bond donors (Lipinski definition) is 3. The number of rotatable bonds is 22. The van der Waals surface area contributed by atoms with Gasteiger partial charge in [-0.15, -0.1) is 0 Å². The van der Waals surface area contributed by atoms with Crippen molar-refractivity contribution in [2.24, 2.45) is 5.73 Å². The number of aromatic amines is 1. The fourth-order valence-electron chi connectivity index (χ4n) is 4.39. The standard InChI is InChI=1S/C32H52N4O8/c1-24-29(25(2)35-34-24)11-10-16-43-28-22-26(30(37)38)21-27(23-28)42-15-9-7-6-8-13-36(31(39)44-32(3,4)5)14-18-41-20-19-40-17-12-33/h21-23H,6-20,33H2,1-5H3,(H,34,35)(H,37,38). The van der Waals surface area contributed by atoms with E-state index >= 15 is 0 Å². The van der Waals surface area contributed by atoms with Gasteiger partial charge in [-0.1, -0.05) is 12.8 Å². The number of amides is 1. The summed E-state index contributed by atoms with van der Waals surface area (Å²) in [7, 11) is 0. The van der Waals surface area contributed by atoms with E-state index in [0.29, 0.717) is 70.8 Å². The normalized spacial score (nSPS) is 11.4. The molecule has 1 aromatic carbocycles. The smallest absolute Gasteiger partial charge is 0.410 e. The highest BCUT2D eigenvalue weighted by molar-refractivity contribution is 5.88. The van der Waals surface area contributed by atoms with Gasteiger partial charge in [0, 0.05) is 31.4 Å². The maximum atomic E-state index is 12.7. The SMILES string of the molecule is Cc1n[nH]c(C)c1CCCOc1cc(OCCCCCCN(CCOCCOCCN)C(=O)OC(C)(C)C)cc(C(=O)O)c1. The Morgan fingerprint density at radius 1 is 0.864 bits per heavy atom. The summed E-state index contributed by atoms with van der Waals surface area (Å²) in [4.78, 5) is 26.0. The van der Waals surface area contributed by atoms with Crippen molar-refractivity contribution in [3.63, 3.8) is 0 Å². The summed E-state index contributed by atoms with van der Waals surface area (Å²) < 4.78 is 28.2. The molecule has 0 fully saturated rings. The van der Waals surface area contributed by atoms with Crippen LogP contribution in [0.5, 0.6) is 11.5 Å². The monoisotopic (exact) mass is 620 g/mol. The van der Waals surface area contributed by atoms with Gasteiger partial charge in [0.25, 0.3) is 0 Å². The number of nitrogens with two attached hydrogens (primary N) is 1. The number of benzene rings is 1. The highest BCUT2D eigenvalue weighted by Crippen LogP contribution is 2.24. The average molecular weight is 621 g/mol. The summed E-state index contributed by atoms with van der Waals surface area (Å²) in [6.45, 7) is 13.7. The van der Waals surface area contributed by atoms with Crippen LogP contribution in [0, 0.1) is 13.8 Å². The molecule has 12 nitrogen and oxygen atoms in total. The quantitative estimate of drug-likeness (QED) is 0.155. The molecule has 0 unspecified atom stereocenters. The number of carbonyl (C=O) groups is 2. The Labute approximate surface area is 261 Å². The molecule has 0 saturated carbocycles. The first-order valence-corrected chi connectivity index (χ1v) is 15.5. The molecule has 44 heavy (non-hydrogen) atoms. The number of hydrogen-bond acceptors (Lipinski definition) is 9. The molecular weight excluding hydrogens is 568 g/mol. The minimum absolute atomic E-state index is 0.119. The molecule has 12 heteroatoms. The molecule has 0 saturated heterocycles. The molecule has 0 aliphatic heterocycles. The molecule has 2 rings (SSSR count). The lowest BCUT2D eigenvalue weighted by Crippen LogP contribution is -2.39. The second-order valence-corrected chi connectivity index (χ2v) is 11.6. The van der Waals surface area contributed by atoms with E-state index in [1.54, 1.807) is 11.0 Å². The average Bonchev–Trinajstić information content (AvgIpc) is 3.28. The Bertz CT molecular complexity index is 1110. The van der Waals surface area contributed by atoms with E-state index in [4.69, 9.17) is 29.4 Å². The molecule has 0 aliphatic carbocycles. The van der Waals surface area contributed by atoms with Crippen molar-refractivity contribution >= 4 is 12.1 Å². The molecular formula is C32H52N4O8. The molecule has 1 heterocycles. The topological polar surface area (TPSA) is 158 Å². The van der Waals surface area contributed by atoms with Crippen LogP contribution in [0.4, 0.5) is 4.79 Å². The molecule has 0 bridgehead atoms. The Morgan fingerprint density at radius 3 is 2.09 bits per heavy atom. The van der Waals surface area contributed by atoms with Crippen molar-refractivity contribution in [1.82, 2.24) is 15.1 Å². The number of ether oxygens (including phenoxy) is 5. The molecule has 0 atom stereocenters. The third kappa shape index (κ3) is 14.9. The van der Waals surface area contributed by atoms with Crippen LogP contribution in [0.1, 0.15) is 80.2 Å². The van der Waals surface area contributed by atoms with E-state index in [2.05, 4.69) is 10.2 Å². The summed E-state index contributed by atoms with van der Waals surface area (Å²) in [6.07, 6.45) is 4.63. The zero-order chi connectivity index (χ0) is 32.4. The number of aromatic carboxylic acids is 1. The van der Waals surface area contributed by atoms with Gasteiger partial charge in [0.05, 0.1) is 50.9 Å². The van der Waals surface area contributed by atoms with Crippen LogP contribution in [0.25, 0.3) is 0 Å². The summed E-state index contributed by atoms with van der Waals surface area (Å²) in [6, 6.07) is 4.76. The lowest BCUT2D eigenvalue weighted by molar-refractivity contribution is 0.0109. The van der Waals surface area contributed by atoms with Gasteiger partial charge in [-0.25, -0.2) is 9.59 Å². The minimum atomic E-state index is -1.04. The highest BCUT2D eigenvalue weighted by Gasteiger charge is 2.21. The predicted molar refractivity (Wildman–Crippen MR) is 168 cm³/mol. The maximum absolute atomic E-state index is 12.7. The number of carboxylic acids is 1. The fourth-order valence-corrected chi connectivity index (χ4v) is 4.39. The van der Waals surface area contributed by atoms with Crippen molar-refractivity contribution in [3.8, 4) is 11.5 Å². The first-order valence-electron chi connectivity index (χ1n) is 15.5. The van der Waals surface area contributed by atoms with Gasteiger partial charge >= 0.3 is 12.1 Å². The van der Waals surface area contributed by atoms with Crippen LogP contribution in [0.15, 0.2) is 18.2 Å². The lowest BCUT2D eigenvalue weighted by atomic mass is 10.1. The molecule has 248 valence electrons. The van der Waals surface area contributed by atoms with E-state index in [1.165, 1.54) is 17.7 Å². The van der Waals surface area contributed by atoms with E-state index < -0.39 is 11.6 Å². The Morgan fingerprint density at radius 2 is 1.50 bits per heavy atom. The fraction of sp³-hybridized carbons (Fsp3) is 0.656. The zero-order valence-corrected chi connectivity index (χ0v) is 27.1. The Kier molecular flexibility index (Phi) is 16.6. The Balaban J connectivity index is 1.74. The minimum Gasteiger partial charge on any atom is -0.493 e. The molecule has 1 amide bonds. The number of nitrogens with one attached hydrogen (secondary N) is 1. The van der Waals surface area contributed by atoms with Crippen LogP contribution >= 0.6 is 0 Å². The van der Waals surface area contributed by atoms with Gasteiger partial charge in [-0.2, -0.15) is 5.10 Å². The molecule has 1 aromatic heterocycles. The first kappa shape index (κ1) is 36.8.